The molecule has 2 heterocycles. The lowest BCUT2D eigenvalue weighted by atomic mass is 10.1. The summed E-state index contributed by atoms with van der Waals surface area (Å²) in [5.74, 6) is 0. The predicted octanol–water partition coefficient (Wildman–Crippen LogP) is 3.16. The number of methoxy groups -OCH3 is 1. The molecule has 0 bridgehead atoms. The fraction of sp³-hybridized carbons (Fsp3) is 0.538. The Morgan fingerprint density at radius 2 is 2.05 bits per heavy atom. The van der Waals surface area contributed by atoms with Crippen LogP contribution in [-0.2, 0) is 11.3 Å². The minimum atomic E-state index is -0.433. The highest BCUT2D eigenvalue weighted by Gasteiger charge is 2.20. The quantitative estimate of drug-likeness (QED) is 0.885. The van der Waals surface area contributed by atoms with Gasteiger partial charge < -0.3 is 9.72 Å². The Kier molecular flexibility index (Phi) is 3.68. The first-order valence-electron chi connectivity index (χ1n) is 6.05. The predicted molar refractivity (Wildman–Crippen MR) is 81.8 cm³/mol. The number of fused-ring (bicyclic) bond motifs is 1. The van der Waals surface area contributed by atoms with Gasteiger partial charge in [0.1, 0.15) is 4.83 Å². The number of aryl methyl sites for hydroxylation is 2. The molecular weight excluding hydrogens is 280 g/mol. The zero-order chi connectivity index (χ0) is 14.4. The third kappa shape index (κ3) is 2.52. The first kappa shape index (κ1) is 14.4. The smallest absolute Gasteiger partial charge is 0.263 e. The summed E-state index contributed by atoms with van der Waals surface area (Å²) < 4.78 is 7.41. The highest BCUT2D eigenvalue weighted by atomic mass is 32.1. The van der Waals surface area contributed by atoms with E-state index < -0.39 is 5.60 Å². The van der Waals surface area contributed by atoms with E-state index in [0.29, 0.717) is 11.3 Å². The number of hydrogen-bond acceptors (Lipinski definition) is 4. The Morgan fingerprint density at radius 1 is 1.42 bits per heavy atom. The van der Waals surface area contributed by atoms with Gasteiger partial charge in [0.2, 0.25) is 0 Å². The molecule has 0 saturated carbocycles. The van der Waals surface area contributed by atoms with Crippen molar-refractivity contribution in [2.75, 3.05) is 7.11 Å². The summed E-state index contributed by atoms with van der Waals surface area (Å²) >= 11 is 6.87. The minimum Gasteiger partial charge on any atom is -0.377 e. The van der Waals surface area contributed by atoms with Gasteiger partial charge in [0.05, 0.1) is 17.5 Å². The molecule has 0 spiro atoms. The van der Waals surface area contributed by atoms with Gasteiger partial charge in [-0.05, 0) is 45.5 Å². The van der Waals surface area contributed by atoms with E-state index in [-0.39, 0.29) is 5.56 Å². The van der Waals surface area contributed by atoms with Gasteiger partial charge >= 0.3 is 0 Å². The van der Waals surface area contributed by atoms with E-state index in [4.69, 9.17) is 17.0 Å². The topological polar surface area (TPSA) is 47.0 Å². The molecule has 2 aromatic heterocycles. The normalized spacial score (nSPS) is 12.3. The number of H-pyrrole nitrogens is 1. The SMILES string of the molecule is COC(C)(C)Cn1c(=S)[nH]c2sc(C)c(C)c2c1=O. The van der Waals surface area contributed by atoms with Crippen LogP contribution < -0.4 is 5.56 Å². The monoisotopic (exact) mass is 298 g/mol. The van der Waals surface area contributed by atoms with E-state index in [1.54, 1.807) is 23.0 Å². The fourth-order valence-electron chi connectivity index (χ4n) is 1.95. The van der Waals surface area contributed by atoms with E-state index in [2.05, 4.69) is 4.98 Å². The molecule has 0 radical (unpaired) electrons. The van der Waals surface area contributed by atoms with Crippen LogP contribution in [-0.4, -0.2) is 22.3 Å². The molecule has 4 nitrogen and oxygen atoms in total. The van der Waals surface area contributed by atoms with Crippen LogP contribution in [0.2, 0.25) is 0 Å². The van der Waals surface area contributed by atoms with Gasteiger partial charge in [0, 0.05) is 12.0 Å². The zero-order valence-corrected chi connectivity index (χ0v) is 13.4. The van der Waals surface area contributed by atoms with Crippen molar-refractivity contribution in [3.63, 3.8) is 0 Å². The molecule has 104 valence electrons. The van der Waals surface area contributed by atoms with E-state index >= 15 is 0 Å². The van der Waals surface area contributed by atoms with Gasteiger partial charge in [-0.25, -0.2) is 0 Å². The van der Waals surface area contributed by atoms with Crippen LogP contribution in [0.3, 0.4) is 0 Å². The Labute approximate surface area is 121 Å². The molecule has 2 aromatic rings. The summed E-state index contributed by atoms with van der Waals surface area (Å²) in [6.45, 7) is 8.29. The molecule has 19 heavy (non-hydrogen) atoms. The zero-order valence-electron chi connectivity index (χ0n) is 11.8. The maximum atomic E-state index is 12.6. The van der Waals surface area contributed by atoms with Gasteiger partial charge in [0.25, 0.3) is 5.56 Å². The highest BCUT2D eigenvalue weighted by Crippen LogP contribution is 2.26. The van der Waals surface area contributed by atoms with E-state index in [1.165, 1.54) is 0 Å². The van der Waals surface area contributed by atoms with Gasteiger partial charge in [-0.2, -0.15) is 0 Å². The van der Waals surface area contributed by atoms with Crippen molar-refractivity contribution >= 4 is 33.8 Å². The molecule has 0 atom stereocenters. The van der Waals surface area contributed by atoms with Crippen LogP contribution in [0.25, 0.3) is 10.2 Å². The summed E-state index contributed by atoms with van der Waals surface area (Å²) in [6.07, 6.45) is 0. The molecule has 0 aliphatic carbocycles. The van der Waals surface area contributed by atoms with Gasteiger partial charge in [-0.15, -0.1) is 11.3 Å². The van der Waals surface area contributed by atoms with Crippen molar-refractivity contribution in [3.05, 3.63) is 25.6 Å². The average Bonchev–Trinajstić information content (AvgIpc) is 2.60. The summed E-state index contributed by atoms with van der Waals surface area (Å²) in [6, 6.07) is 0. The van der Waals surface area contributed by atoms with Crippen molar-refractivity contribution < 1.29 is 4.74 Å². The fourth-order valence-corrected chi connectivity index (χ4v) is 3.32. The minimum absolute atomic E-state index is 0.0364. The molecule has 0 aliphatic rings. The molecular formula is C13H18N2O2S2. The van der Waals surface area contributed by atoms with Crippen LogP contribution in [0.5, 0.6) is 0 Å². The third-order valence-corrected chi connectivity index (χ3v) is 4.85. The van der Waals surface area contributed by atoms with E-state index in [1.807, 2.05) is 27.7 Å². The van der Waals surface area contributed by atoms with E-state index in [9.17, 15) is 4.79 Å². The van der Waals surface area contributed by atoms with Gasteiger partial charge in [-0.3, -0.25) is 9.36 Å². The maximum Gasteiger partial charge on any atom is 0.263 e. The molecule has 0 fully saturated rings. The number of rotatable bonds is 3. The Balaban J connectivity index is 2.73. The lowest BCUT2D eigenvalue weighted by Crippen LogP contribution is -2.35. The molecule has 2 rings (SSSR count). The Bertz CT molecular complexity index is 737. The molecule has 0 saturated heterocycles. The summed E-state index contributed by atoms with van der Waals surface area (Å²) in [7, 11) is 1.64. The standard InChI is InChI=1S/C13H18N2O2S2/c1-7-8(2)19-10-9(7)11(16)15(12(18)14-10)6-13(3,4)17-5/h6H2,1-5H3,(H,14,18). The van der Waals surface area contributed by atoms with Gasteiger partial charge in [-0.1, -0.05) is 0 Å². The van der Waals surface area contributed by atoms with Crippen molar-refractivity contribution in [2.24, 2.45) is 0 Å². The van der Waals surface area contributed by atoms with E-state index in [0.717, 1.165) is 20.7 Å². The molecule has 0 aliphatic heterocycles. The third-order valence-electron chi connectivity index (χ3n) is 3.40. The largest absolute Gasteiger partial charge is 0.377 e. The molecule has 6 heteroatoms. The number of ether oxygens (including phenoxy) is 1. The Hall–Kier alpha value is -0.980. The summed E-state index contributed by atoms with van der Waals surface area (Å²) in [5.41, 5.74) is 0.559. The lowest BCUT2D eigenvalue weighted by molar-refractivity contribution is 0.00696. The molecule has 0 unspecified atom stereocenters. The summed E-state index contributed by atoms with van der Waals surface area (Å²) in [5, 5.41) is 0.739. The van der Waals surface area contributed by atoms with Crippen LogP contribution in [0.1, 0.15) is 24.3 Å². The van der Waals surface area contributed by atoms with Crippen molar-refractivity contribution in [3.8, 4) is 0 Å². The van der Waals surface area contributed by atoms with Crippen molar-refractivity contribution in [1.29, 1.82) is 0 Å². The van der Waals surface area contributed by atoms with Crippen molar-refractivity contribution in [2.45, 2.75) is 39.8 Å². The number of aromatic nitrogens is 2. The molecule has 1 N–H and O–H groups in total. The molecule has 0 amide bonds. The molecule has 0 aromatic carbocycles. The first-order chi connectivity index (χ1) is 8.76. The van der Waals surface area contributed by atoms with Crippen molar-refractivity contribution in [1.82, 2.24) is 9.55 Å². The average molecular weight is 298 g/mol. The second-order valence-corrected chi connectivity index (χ2v) is 6.88. The summed E-state index contributed by atoms with van der Waals surface area (Å²) in [4.78, 5) is 17.8. The second kappa shape index (κ2) is 4.85. The highest BCUT2D eigenvalue weighted by molar-refractivity contribution is 7.71. The number of nitrogens with zero attached hydrogens (tertiary/aromatic N) is 1. The lowest BCUT2D eigenvalue weighted by Gasteiger charge is -2.23. The second-order valence-electron chi connectivity index (χ2n) is 5.27. The first-order valence-corrected chi connectivity index (χ1v) is 7.27. The Morgan fingerprint density at radius 3 is 2.63 bits per heavy atom. The number of nitrogens with one attached hydrogen (secondary N) is 1. The number of thiophene rings is 1. The van der Waals surface area contributed by atoms with Crippen LogP contribution in [0.15, 0.2) is 4.79 Å². The van der Waals surface area contributed by atoms with Crippen LogP contribution >= 0.6 is 23.6 Å². The number of hydrogen-bond donors (Lipinski definition) is 1. The van der Waals surface area contributed by atoms with Crippen LogP contribution in [0, 0.1) is 18.6 Å². The van der Waals surface area contributed by atoms with Crippen LogP contribution in [0.4, 0.5) is 0 Å². The number of aromatic amines is 1. The van der Waals surface area contributed by atoms with Gasteiger partial charge in [0.15, 0.2) is 4.77 Å². The maximum absolute atomic E-state index is 12.6.